The maximum absolute atomic E-state index is 9.81. The molecule has 0 aliphatic carbocycles. The summed E-state index contributed by atoms with van der Waals surface area (Å²) in [5.74, 6) is 2.08. The van der Waals surface area contributed by atoms with Crippen molar-refractivity contribution in [2.75, 3.05) is 5.73 Å². The first-order valence-electron chi connectivity index (χ1n) is 6.77. The Hall–Kier alpha value is -2.83. The second kappa shape index (κ2) is 7.26. The molecule has 3 heterocycles. The Morgan fingerprint density at radius 1 is 1.36 bits per heavy atom. The van der Waals surface area contributed by atoms with Crippen molar-refractivity contribution in [2.45, 2.75) is 26.8 Å². The summed E-state index contributed by atoms with van der Waals surface area (Å²) in [5, 5.41) is 7.96. The number of aryl methyl sites for hydroxylation is 2. The number of aromatic nitrogens is 3. The van der Waals surface area contributed by atoms with Crippen molar-refractivity contribution >= 4 is 12.1 Å². The maximum Gasteiger partial charge on any atom is 0.145 e. The number of rotatable bonds is 4. The van der Waals surface area contributed by atoms with E-state index in [9.17, 15) is 4.79 Å². The number of nitrogens with zero attached hydrogens (tertiary/aromatic N) is 3. The molecule has 0 unspecified atom stereocenters. The van der Waals surface area contributed by atoms with E-state index in [1.807, 2.05) is 20.0 Å². The second-order valence-corrected chi connectivity index (χ2v) is 4.69. The lowest BCUT2D eigenvalue weighted by atomic mass is 10.2. The van der Waals surface area contributed by atoms with Crippen LogP contribution in [0.25, 0.3) is 0 Å². The van der Waals surface area contributed by atoms with Gasteiger partial charge in [0, 0.05) is 11.8 Å². The molecule has 116 valence electrons. The smallest absolute Gasteiger partial charge is 0.145 e. The molecular weight excluding hydrogens is 284 g/mol. The molecule has 0 saturated carbocycles. The second-order valence-electron chi connectivity index (χ2n) is 4.69. The van der Waals surface area contributed by atoms with Gasteiger partial charge in [-0.3, -0.25) is 4.68 Å². The van der Waals surface area contributed by atoms with Gasteiger partial charge in [-0.25, -0.2) is 0 Å². The van der Waals surface area contributed by atoms with Crippen LogP contribution >= 0.6 is 0 Å². The molecule has 0 fully saturated rings. The highest BCUT2D eigenvalue weighted by Crippen LogP contribution is 2.13. The van der Waals surface area contributed by atoms with E-state index in [1.54, 1.807) is 29.1 Å². The molecule has 22 heavy (non-hydrogen) atoms. The lowest BCUT2D eigenvalue weighted by Crippen LogP contribution is -2.02. The first-order chi connectivity index (χ1) is 10.6. The van der Waals surface area contributed by atoms with E-state index in [-0.39, 0.29) is 0 Å². The Morgan fingerprint density at radius 2 is 2.18 bits per heavy atom. The third-order valence-corrected chi connectivity index (χ3v) is 3.03. The third kappa shape index (κ3) is 4.08. The van der Waals surface area contributed by atoms with Crippen LogP contribution in [0.5, 0.6) is 0 Å². The molecule has 3 aromatic heterocycles. The number of carbonyl (C=O) groups is 1. The fraction of sp³-hybridized carbons (Fsp3) is 0.267. The summed E-state index contributed by atoms with van der Waals surface area (Å²) >= 11 is 0. The standard InChI is InChI=1S/C9H12N4O.C6H6O2/c1-6-8(7(2)14-12-6)5-13-4-3-9(10)11-13;7-4-3-6-2-1-5-8-6/h3-4H,5H2,1-2H3,(H2,10,11);1-2,4-5H,3H2. The van der Waals surface area contributed by atoms with Crippen molar-refractivity contribution < 1.29 is 13.7 Å². The number of anilines is 1. The monoisotopic (exact) mass is 302 g/mol. The summed E-state index contributed by atoms with van der Waals surface area (Å²) in [6, 6.07) is 5.30. The number of carbonyl (C=O) groups excluding carboxylic acids is 1. The zero-order chi connectivity index (χ0) is 15.9. The van der Waals surface area contributed by atoms with Gasteiger partial charge in [-0.15, -0.1) is 0 Å². The Labute approximate surface area is 127 Å². The highest BCUT2D eigenvalue weighted by atomic mass is 16.5. The lowest BCUT2D eigenvalue weighted by molar-refractivity contribution is -0.107. The van der Waals surface area contributed by atoms with Gasteiger partial charge >= 0.3 is 0 Å². The highest BCUT2D eigenvalue weighted by Gasteiger charge is 2.09. The van der Waals surface area contributed by atoms with E-state index in [1.165, 1.54) is 0 Å². The van der Waals surface area contributed by atoms with Crippen LogP contribution in [-0.2, 0) is 17.8 Å². The zero-order valence-electron chi connectivity index (χ0n) is 12.5. The van der Waals surface area contributed by atoms with Gasteiger partial charge in [0.15, 0.2) is 0 Å². The average molecular weight is 302 g/mol. The number of furan rings is 1. The molecule has 0 aliphatic heterocycles. The molecule has 7 heteroatoms. The van der Waals surface area contributed by atoms with Crippen LogP contribution in [0.1, 0.15) is 22.8 Å². The minimum Gasteiger partial charge on any atom is -0.469 e. The van der Waals surface area contributed by atoms with Crippen molar-refractivity contribution in [1.29, 1.82) is 0 Å². The molecule has 0 radical (unpaired) electrons. The van der Waals surface area contributed by atoms with Crippen molar-refractivity contribution in [3.63, 3.8) is 0 Å². The van der Waals surface area contributed by atoms with E-state index in [4.69, 9.17) is 14.7 Å². The summed E-state index contributed by atoms with van der Waals surface area (Å²) in [7, 11) is 0. The molecule has 0 aliphatic rings. The third-order valence-electron chi connectivity index (χ3n) is 3.03. The maximum atomic E-state index is 9.81. The summed E-state index contributed by atoms with van der Waals surface area (Å²) in [4.78, 5) is 9.81. The SMILES string of the molecule is Cc1noc(C)c1Cn1ccc(N)n1.O=CCc1ccco1. The number of nitrogen functional groups attached to an aromatic ring is 1. The van der Waals surface area contributed by atoms with E-state index in [2.05, 4.69) is 10.3 Å². The van der Waals surface area contributed by atoms with E-state index >= 15 is 0 Å². The van der Waals surface area contributed by atoms with E-state index in [0.29, 0.717) is 18.8 Å². The van der Waals surface area contributed by atoms with Crippen molar-refractivity contribution in [1.82, 2.24) is 14.9 Å². The van der Waals surface area contributed by atoms with Crippen LogP contribution in [0.3, 0.4) is 0 Å². The topological polar surface area (TPSA) is 100 Å². The van der Waals surface area contributed by atoms with Crippen molar-refractivity contribution in [3.05, 3.63) is 53.4 Å². The molecule has 7 nitrogen and oxygen atoms in total. The predicted octanol–water partition coefficient (Wildman–Crippen LogP) is 2.14. The van der Waals surface area contributed by atoms with Gasteiger partial charge in [-0.1, -0.05) is 5.16 Å². The van der Waals surface area contributed by atoms with E-state index < -0.39 is 0 Å². The molecule has 0 amide bonds. The van der Waals surface area contributed by atoms with Gasteiger partial charge < -0.3 is 19.5 Å². The number of aldehydes is 1. The summed E-state index contributed by atoms with van der Waals surface area (Å²) < 4.78 is 11.7. The quantitative estimate of drug-likeness (QED) is 0.741. The molecule has 0 bridgehead atoms. The average Bonchev–Trinajstić information content (AvgIpc) is 3.20. The molecule has 2 N–H and O–H groups in total. The van der Waals surface area contributed by atoms with Crippen LogP contribution in [0.15, 0.2) is 39.6 Å². The van der Waals surface area contributed by atoms with Gasteiger partial charge in [0.1, 0.15) is 23.6 Å². The predicted molar refractivity (Wildman–Crippen MR) is 80.2 cm³/mol. The Balaban J connectivity index is 0.000000188. The molecule has 0 atom stereocenters. The van der Waals surface area contributed by atoms with Gasteiger partial charge in [0.05, 0.1) is 24.9 Å². The normalized spacial score (nSPS) is 10.1. The summed E-state index contributed by atoms with van der Waals surface area (Å²) in [5.41, 5.74) is 7.48. The van der Waals surface area contributed by atoms with Crippen LogP contribution < -0.4 is 5.73 Å². The fourth-order valence-corrected chi connectivity index (χ4v) is 1.87. The number of hydrogen-bond acceptors (Lipinski definition) is 6. The minimum atomic E-state index is 0.382. The Bertz CT molecular complexity index is 694. The highest BCUT2D eigenvalue weighted by molar-refractivity contribution is 5.52. The van der Waals surface area contributed by atoms with Gasteiger partial charge in [0.2, 0.25) is 0 Å². The van der Waals surface area contributed by atoms with Crippen LogP contribution in [0.4, 0.5) is 5.82 Å². The fourth-order valence-electron chi connectivity index (χ4n) is 1.87. The largest absolute Gasteiger partial charge is 0.469 e. The Kier molecular flexibility index (Phi) is 5.13. The van der Waals surface area contributed by atoms with Gasteiger partial charge in [0.25, 0.3) is 0 Å². The number of nitrogens with two attached hydrogens (primary N) is 1. The van der Waals surface area contributed by atoms with Crippen LogP contribution in [-0.4, -0.2) is 21.2 Å². The van der Waals surface area contributed by atoms with Crippen molar-refractivity contribution in [2.24, 2.45) is 0 Å². The molecule has 3 aromatic rings. The first kappa shape index (κ1) is 15.6. The van der Waals surface area contributed by atoms with Crippen LogP contribution in [0, 0.1) is 13.8 Å². The summed E-state index contributed by atoms with van der Waals surface area (Å²) in [6.07, 6.45) is 4.59. The first-order valence-corrected chi connectivity index (χ1v) is 6.77. The molecular formula is C15H18N4O3. The molecule has 0 saturated heterocycles. The molecule has 0 spiro atoms. The summed E-state index contributed by atoms with van der Waals surface area (Å²) in [6.45, 7) is 4.46. The van der Waals surface area contributed by atoms with Gasteiger partial charge in [-0.05, 0) is 32.0 Å². The lowest BCUT2D eigenvalue weighted by Gasteiger charge is -1.99. The Morgan fingerprint density at radius 3 is 2.68 bits per heavy atom. The number of hydrogen-bond donors (Lipinski definition) is 1. The molecule has 3 rings (SSSR count). The zero-order valence-corrected chi connectivity index (χ0v) is 12.5. The van der Waals surface area contributed by atoms with Gasteiger partial charge in [-0.2, -0.15) is 5.10 Å². The molecule has 0 aromatic carbocycles. The van der Waals surface area contributed by atoms with Crippen LogP contribution in [0.2, 0.25) is 0 Å². The minimum absolute atomic E-state index is 0.382. The van der Waals surface area contributed by atoms with E-state index in [0.717, 1.165) is 29.1 Å². The van der Waals surface area contributed by atoms with Crippen molar-refractivity contribution in [3.8, 4) is 0 Å².